The molecule has 98 valence electrons. The second-order valence-corrected chi connectivity index (χ2v) is 5.34. The zero-order valence-electron chi connectivity index (χ0n) is 11.6. The van der Waals surface area contributed by atoms with Gasteiger partial charge in [-0.3, -0.25) is 0 Å². The Morgan fingerprint density at radius 1 is 0.947 bits per heavy atom. The summed E-state index contributed by atoms with van der Waals surface area (Å²) in [6, 6.07) is 17.4. The van der Waals surface area contributed by atoms with Crippen LogP contribution in [0.15, 0.2) is 48.5 Å². The van der Waals surface area contributed by atoms with Crippen LogP contribution in [0.2, 0.25) is 0 Å². The summed E-state index contributed by atoms with van der Waals surface area (Å²) in [5, 5.41) is 0. The second kappa shape index (κ2) is 5.08. The second-order valence-electron chi connectivity index (χ2n) is 5.34. The normalized spacial score (nSPS) is 20.9. The van der Waals surface area contributed by atoms with E-state index in [-0.39, 0.29) is 6.10 Å². The first kappa shape index (κ1) is 12.3. The van der Waals surface area contributed by atoms with E-state index in [0.29, 0.717) is 5.92 Å². The van der Waals surface area contributed by atoms with Crippen molar-refractivity contribution in [3.63, 3.8) is 0 Å². The maximum atomic E-state index is 5.94. The van der Waals surface area contributed by atoms with Gasteiger partial charge in [0.2, 0.25) is 0 Å². The number of hydrogen-bond acceptors (Lipinski definition) is 1. The van der Waals surface area contributed by atoms with E-state index < -0.39 is 0 Å². The monoisotopic (exact) mass is 252 g/mol. The first-order valence-electron chi connectivity index (χ1n) is 7.11. The third kappa shape index (κ3) is 2.37. The molecule has 0 aliphatic carbocycles. The molecule has 2 unspecified atom stereocenters. The number of benzene rings is 2. The SMILES string of the molecule is CCc1ccc(CC2c3ccccc3OC2C)cc1. The number of ether oxygens (including phenoxy) is 1. The van der Waals surface area contributed by atoms with Crippen molar-refractivity contribution in [2.75, 3.05) is 0 Å². The number of hydrogen-bond donors (Lipinski definition) is 0. The van der Waals surface area contributed by atoms with Crippen LogP contribution in [-0.4, -0.2) is 6.10 Å². The third-order valence-corrected chi connectivity index (χ3v) is 4.08. The average Bonchev–Trinajstić information content (AvgIpc) is 2.76. The summed E-state index contributed by atoms with van der Waals surface area (Å²) in [5.41, 5.74) is 4.16. The average molecular weight is 252 g/mol. The highest BCUT2D eigenvalue weighted by Crippen LogP contribution is 2.39. The summed E-state index contributed by atoms with van der Waals surface area (Å²) in [5.74, 6) is 1.54. The molecule has 0 saturated heterocycles. The fraction of sp³-hybridized carbons (Fsp3) is 0.333. The van der Waals surface area contributed by atoms with E-state index in [0.717, 1.165) is 18.6 Å². The molecule has 1 aliphatic rings. The number of rotatable bonds is 3. The van der Waals surface area contributed by atoms with Crippen molar-refractivity contribution >= 4 is 0 Å². The smallest absolute Gasteiger partial charge is 0.123 e. The van der Waals surface area contributed by atoms with E-state index in [1.807, 2.05) is 6.07 Å². The van der Waals surface area contributed by atoms with E-state index in [4.69, 9.17) is 4.74 Å². The van der Waals surface area contributed by atoms with Crippen LogP contribution < -0.4 is 4.74 Å². The topological polar surface area (TPSA) is 9.23 Å². The molecule has 0 radical (unpaired) electrons. The lowest BCUT2D eigenvalue weighted by molar-refractivity contribution is 0.225. The molecule has 0 bridgehead atoms. The van der Waals surface area contributed by atoms with Gasteiger partial charge in [0.15, 0.2) is 0 Å². The Hall–Kier alpha value is -1.76. The zero-order chi connectivity index (χ0) is 13.2. The molecule has 0 fully saturated rings. The van der Waals surface area contributed by atoms with Crippen molar-refractivity contribution in [2.24, 2.45) is 0 Å². The standard InChI is InChI=1S/C18H20O/c1-3-14-8-10-15(11-9-14)12-17-13(2)19-18-7-5-4-6-16(17)18/h4-11,13,17H,3,12H2,1-2H3. The molecule has 1 aliphatic heterocycles. The molecule has 0 spiro atoms. The quantitative estimate of drug-likeness (QED) is 0.788. The molecule has 1 heterocycles. The number of fused-ring (bicyclic) bond motifs is 1. The van der Waals surface area contributed by atoms with Crippen LogP contribution in [0, 0.1) is 0 Å². The molecule has 0 saturated carbocycles. The Bertz CT molecular complexity index is 556. The predicted octanol–water partition coefficient (Wildman–Crippen LogP) is 4.36. The van der Waals surface area contributed by atoms with Crippen molar-refractivity contribution in [2.45, 2.75) is 38.7 Å². The molecular formula is C18H20O. The zero-order valence-corrected chi connectivity index (χ0v) is 11.6. The van der Waals surface area contributed by atoms with Gasteiger partial charge in [0, 0.05) is 11.5 Å². The fourth-order valence-corrected chi connectivity index (χ4v) is 2.87. The highest BCUT2D eigenvalue weighted by Gasteiger charge is 2.30. The lowest BCUT2D eigenvalue weighted by Crippen LogP contribution is -2.16. The first-order chi connectivity index (χ1) is 9.28. The lowest BCUT2D eigenvalue weighted by atomic mass is 9.89. The van der Waals surface area contributed by atoms with E-state index in [9.17, 15) is 0 Å². The first-order valence-corrected chi connectivity index (χ1v) is 7.11. The summed E-state index contributed by atoms with van der Waals surface area (Å²) < 4.78 is 5.94. The van der Waals surface area contributed by atoms with Gasteiger partial charge in [0.25, 0.3) is 0 Å². The highest BCUT2D eigenvalue weighted by molar-refractivity contribution is 5.42. The van der Waals surface area contributed by atoms with Gasteiger partial charge >= 0.3 is 0 Å². The van der Waals surface area contributed by atoms with E-state index in [1.165, 1.54) is 16.7 Å². The predicted molar refractivity (Wildman–Crippen MR) is 78.8 cm³/mol. The van der Waals surface area contributed by atoms with Crippen molar-refractivity contribution < 1.29 is 4.74 Å². The Balaban J connectivity index is 1.82. The van der Waals surface area contributed by atoms with Gasteiger partial charge < -0.3 is 4.74 Å². The van der Waals surface area contributed by atoms with Crippen molar-refractivity contribution in [1.82, 2.24) is 0 Å². The largest absolute Gasteiger partial charge is 0.490 e. The van der Waals surface area contributed by atoms with Crippen LogP contribution in [-0.2, 0) is 12.8 Å². The molecule has 2 aromatic rings. The van der Waals surface area contributed by atoms with Gasteiger partial charge in [0.1, 0.15) is 11.9 Å². The van der Waals surface area contributed by atoms with Gasteiger partial charge in [-0.2, -0.15) is 0 Å². The minimum Gasteiger partial charge on any atom is -0.490 e. The maximum absolute atomic E-state index is 5.94. The Labute approximate surface area is 115 Å². The van der Waals surface area contributed by atoms with Gasteiger partial charge in [-0.1, -0.05) is 49.4 Å². The van der Waals surface area contributed by atoms with Gasteiger partial charge in [-0.05, 0) is 37.0 Å². The maximum Gasteiger partial charge on any atom is 0.123 e. The van der Waals surface area contributed by atoms with Gasteiger partial charge in [-0.25, -0.2) is 0 Å². The molecule has 1 heteroatoms. The minimum atomic E-state index is 0.267. The molecule has 3 rings (SSSR count). The van der Waals surface area contributed by atoms with E-state index in [2.05, 4.69) is 56.3 Å². The molecule has 0 amide bonds. The molecule has 0 N–H and O–H groups in total. The Morgan fingerprint density at radius 3 is 2.37 bits per heavy atom. The summed E-state index contributed by atoms with van der Waals surface area (Å²) in [6.45, 7) is 4.36. The lowest BCUT2D eigenvalue weighted by Gasteiger charge is -2.15. The van der Waals surface area contributed by atoms with Crippen LogP contribution in [0.1, 0.15) is 36.5 Å². The van der Waals surface area contributed by atoms with E-state index in [1.54, 1.807) is 0 Å². The summed E-state index contributed by atoms with van der Waals surface area (Å²) in [4.78, 5) is 0. The van der Waals surface area contributed by atoms with Crippen LogP contribution in [0.5, 0.6) is 5.75 Å². The molecule has 1 nitrogen and oxygen atoms in total. The molecule has 2 aromatic carbocycles. The molecule has 19 heavy (non-hydrogen) atoms. The Morgan fingerprint density at radius 2 is 1.63 bits per heavy atom. The summed E-state index contributed by atoms with van der Waals surface area (Å²) in [6.07, 6.45) is 2.43. The Kier molecular flexibility index (Phi) is 3.29. The van der Waals surface area contributed by atoms with Crippen LogP contribution in [0.3, 0.4) is 0 Å². The molecule has 2 atom stereocenters. The fourth-order valence-electron chi connectivity index (χ4n) is 2.87. The van der Waals surface area contributed by atoms with Crippen LogP contribution >= 0.6 is 0 Å². The number of aryl methyl sites for hydroxylation is 1. The van der Waals surface area contributed by atoms with Crippen molar-refractivity contribution in [3.8, 4) is 5.75 Å². The highest BCUT2D eigenvalue weighted by atomic mass is 16.5. The third-order valence-electron chi connectivity index (χ3n) is 4.08. The van der Waals surface area contributed by atoms with E-state index >= 15 is 0 Å². The summed E-state index contributed by atoms with van der Waals surface area (Å²) in [7, 11) is 0. The van der Waals surface area contributed by atoms with Crippen LogP contribution in [0.25, 0.3) is 0 Å². The minimum absolute atomic E-state index is 0.267. The molecular weight excluding hydrogens is 232 g/mol. The number of para-hydroxylation sites is 1. The van der Waals surface area contributed by atoms with Gasteiger partial charge in [-0.15, -0.1) is 0 Å². The summed E-state index contributed by atoms with van der Waals surface area (Å²) >= 11 is 0. The van der Waals surface area contributed by atoms with Crippen molar-refractivity contribution in [1.29, 1.82) is 0 Å². The van der Waals surface area contributed by atoms with Crippen molar-refractivity contribution in [3.05, 3.63) is 65.2 Å². The van der Waals surface area contributed by atoms with Gasteiger partial charge in [0.05, 0.1) is 0 Å². The molecule has 0 aromatic heterocycles. The van der Waals surface area contributed by atoms with Crippen LogP contribution in [0.4, 0.5) is 0 Å².